The minimum atomic E-state index is -0.0480. The van der Waals surface area contributed by atoms with Gasteiger partial charge in [-0.2, -0.15) is 0 Å². The van der Waals surface area contributed by atoms with Crippen molar-refractivity contribution in [3.8, 4) is 0 Å². The number of fused-ring (bicyclic) bond motifs is 4. The highest BCUT2D eigenvalue weighted by molar-refractivity contribution is 7.99. The second kappa shape index (κ2) is 7.54. The molecule has 1 N–H and O–H groups in total. The molecule has 2 unspecified atom stereocenters. The van der Waals surface area contributed by atoms with E-state index in [1.165, 1.54) is 21.6 Å². The standard InChI is InChI=1S/C23H26N2O2S/c1-15-7-8-16-9-11-24-12-10-17(16)21(15)28-14-4-13-25-22(26)19-6-3-2-5-18(19)20-23(25)27-20/h2-3,5-8,20,23-24H,4,9-14H2,1H3. The number of benzene rings is 2. The summed E-state index contributed by atoms with van der Waals surface area (Å²) in [4.78, 5) is 16.2. The number of rotatable bonds is 5. The van der Waals surface area contributed by atoms with Gasteiger partial charge in [-0.15, -0.1) is 11.8 Å². The van der Waals surface area contributed by atoms with Crippen molar-refractivity contribution in [2.24, 2.45) is 0 Å². The molecule has 1 saturated heterocycles. The number of nitrogens with one attached hydrogen (secondary N) is 1. The van der Waals surface area contributed by atoms with Crippen LogP contribution in [0.15, 0.2) is 41.3 Å². The van der Waals surface area contributed by atoms with Crippen LogP contribution in [-0.2, 0) is 17.6 Å². The van der Waals surface area contributed by atoms with Gasteiger partial charge in [0.05, 0.1) is 0 Å². The summed E-state index contributed by atoms with van der Waals surface area (Å²) < 4.78 is 5.80. The van der Waals surface area contributed by atoms with Gasteiger partial charge < -0.3 is 15.0 Å². The van der Waals surface area contributed by atoms with Crippen molar-refractivity contribution in [3.05, 3.63) is 64.2 Å². The molecule has 1 amide bonds. The van der Waals surface area contributed by atoms with Crippen molar-refractivity contribution in [3.63, 3.8) is 0 Å². The van der Waals surface area contributed by atoms with Crippen molar-refractivity contribution in [2.75, 3.05) is 25.4 Å². The Balaban J connectivity index is 1.23. The molecule has 0 saturated carbocycles. The molecule has 146 valence electrons. The summed E-state index contributed by atoms with van der Waals surface area (Å²) in [6.07, 6.45) is 3.24. The quantitative estimate of drug-likeness (QED) is 0.477. The van der Waals surface area contributed by atoms with Gasteiger partial charge >= 0.3 is 0 Å². The zero-order valence-electron chi connectivity index (χ0n) is 16.2. The Morgan fingerprint density at radius 3 is 2.96 bits per heavy atom. The molecule has 2 atom stereocenters. The summed E-state index contributed by atoms with van der Waals surface area (Å²) in [5.41, 5.74) is 6.27. The first kappa shape index (κ1) is 18.2. The van der Waals surface area contributed by atoms with Gasteiger partial charge in [-0.25, -0.2) is 0 Å². The van der Waals surface area contributed by atoms with Crippen LogP contribution in [0.2, 0.25) is 0 Å². The fourth-order valence-electron chi connectivity index (χ4n) is 4.47. The van der Waals surface area contributed by atoms with Gasteiger partial charge in [0.2, 0.25) is 0 Å². The lowest BCUT2D eigenvalue weighted by molar-refractivity contribution is 0.0668. The molecule has 0 radical (unpaired) electrons. The van der Waals surface area contributed by atoms with Crippen molar-refractivity contribution in [1.29, 1.82) is 0 Å². The Morgan fingerprint density at radius 2 is 2.04 bits per heavy atom. The molecule has 3 aliphatic heterocycles. The molecule has 4 nitrogen and oxygen atoms in total. The summed E-state index contributed by atoms with van der Waals surface area (Å²) >= 11 is 1.95. The van der Waals surface area contributed by atoms with E-state index in [0.717, 1.165) is 55.8 Å². The number of ether oxygens (including phenoxy) is 1. The third-order valence-corrected chi connectivity index (χ3v) is 7.35. The van der Waals surface area contributed by atoms with Crippen LogP contribution < -0.4 is 5.32 Å². The first-order chi connectivity index (χ1) is 13.7. The largest absolute Gasteiger partial charge is 0.342 e. The van der Waals surface area contributed by atoms with Gasteiger partial charge in [0, 0.05) is 17.0 Å². The first-order valence-electron chi connectivity index (χ1n) is 10.2. The smallest absolute Gasteiger partial charge is 0.256 e. The average molecular weight is 395 g/mol. The first-order valence-corrected chi connectivity index (χ1v) is 11.2. The zero-order chi connectivity index (χ0) is 19.1. The summed E-state index contributed by atoms with van der Waals surface area (Å²) in [6, 6.07) is 12.4. The van der Waals surface area contributed by atoms with Gasteiger partial charge in [0.25, 0.3) is 5.91 Å². The lowest BCUT2D eigenvalue weighted by Crippen LogP contribution is -2.38. The van der Waals surface area contributed by atoms with Gasteiger partial charge in [0.15, 0.2) is 6.23 Å². The number of hydrogen-bond acceptors (Lipinski definition) is 4. The highest BCUT2D eigenvalue weighted by atomic mass is 32.2. The molecule has 0 aliphatic carbocycles. The number of hydrogen-bond donors (Lipinski definition) is 1. The second-order valence-corrected chi connectivity index (χ2v) is 8.94. The van der Waals surface area contributed by atoms with Crippen molar-refractivity contribution < 1.29 is 9.53 Å². The van der Waals surface area contributed by atoms with Gasteiger partial charge in [-0.05, 0) is 73.3 Å². The number of carbonyl (C=O) groups is 1. The van der Waals surface area contributed by atoms with Crippen molar-refractivity contribution in [1.82, 2.24) is 10.2 Å². The van der Waals surface area contributed by atoms with E-state index in [-0.39, 0.29) is 18.2 Å². The highest BCUT2D eigenvalue weighted by Gasteiger charge is 2.52. The molecule has 5 rings (SSSR count). The van der Waals surface area contributed by atoms with E-state index < -0.39 is 0 Å². The van der Waals surface area contributed by atoms with Crippen LogP contribution in [0.1, 0.15) is 45.1 Å². The maximum absolute atomic E-state index is 12.8. The van der Waals surface area contributed by atoms with Gasteiger partial charge in [0.1, 0.15) is 6.10 Å². The molecule has 3 aliphatic rings. The lowest BCUT2D eigenvalue weighted by atomic mass is 9.99. The lowest BCUT2D eigenvalue weighted by Gasteiger charge is -2.25. The van der Waals surface area contributed by atoms with Crippen LogP contribution in [-0.4, -0.2) is 42.4 Å². The van der Waals surface area contributed by atoms with E-state index in [0.29, 0.717) is 0 Å². The molecular formula is C23H26N2O2S. The number of aryl methyl sites for hydroxylation is 1. The maximum Gasteiger partial charge on any atom is 0.256 e. The Hall–Kier alpha value is -1.82. The normalized spacial score (nSPS) is 22.9. The van der Waals surface area contributed by atoms with Crippen LogP contribution in [0.3, 0.4) is 0 Å². The fourth-order valence-corrected chi connectivity index (χ4v) is 5.65. The van der Waals surface area contributed by atoms with Crippen LogP contribution in [0.4, 0.5) is 0 Å². The molecule has 0 bridgehead atoms. The Labute approximate surface area is 170 Å². The monoisotopic (exact) mass is 394 g/mol. The summed E-state index contributed by atoms with van der Waals surface area (Å²) in [5.74, 6) is 1.14. The Morgan fingerprint density at radius 1 is 1.18 bits per heavy atom. The molecule has 0 spiro atoms. The van der Waals surface area contributed by atoms with Crippen LogP contribution in [0, 0.1) is 6.92 Å². The van der Waals surface area contributed by atoms with Gasteiger partial charge in [-0.1, -0.05) is 30.3 Å². The predicted octanol–water partition coefficient (Wildman–Crippen LogP) is 3.72. The van der Waals surface area contributed by atoms with Gasteiger partial charge in [-0.3, -0.25) is 4.79 Å². The summed E-state index contributed by atoms with van der Waals surface area (Å²) in [6.45, 7) is 5.11. The van der Waals surface area contributed by atoms with Crippen molar-refractivity contribution >= 4 is 17.7 Å². The maximum atomic E-state index is 12.8. The van der Waals surface area contributed by atoms with Crippen LogP contribution in [0.25, 0.3) is 0 Å². The number of nitrogens with zero attached hydrogens (tertiary/aromatic N) is 1. The second-order valence-electron chi connectivity index (χ2n) is 7.83. The SMILES string of the molecule is Cc1ccc2c(c1SCCCN1C(=O)c3ccccc3C3OC31)CCNCC2. The number of epoxide rings is 1. The van der Waals surface area contributed by atoms with Crippen LogP contribution >= 0.6 is 11.8 Å². The van der Waals surface area contributed by atoms with E-state index in [4.69, 9.17) is 4.74 Å². The van der Waals surface area contributed by atoms with E-state index in [9.17, 15) is 4.79 Å². The van der Waals surface area contributed by atoms with E-state index in [2.05, 4.69) is 24.4 Å². The molecule has 1 fully saturated rings. The average Bonchev–Trinajstić information content (AvgIpc) is 3.52. The molecule has 2 aromatic carbocycles. The molecule has 28 heavy (non-hydrogen) atoms. The Kier molecular flexibility index (Phi) is 4.91. The minimum Gasteiger partial charge on any atom is -0.342 e. The zero-order valence-corrected chi connectivity index (χ0v) is 17.1. The number of amides is 1. The van der Waals surface area contributed by atoms with E-state index in [1.807, 2.05) is 40.9 Å². The molecule has 5 heteroatoms. The minimum absolute atomic E-state index is 0.0480. The molecular weight excluding hydrogens is 368 g/mol. The fraction of sp³-hybridized carbons (Fsp3) is 0.435. The summed E-state index contributed by atoms with van der Waals surface area (Å²) in [5, 5.41) is 3.51. The highest BCUT2D eigenvalue weighted by Crippen LogP contribution is 2.46. The third kappa shape index (κ3) is 3.25. The number of thioether (sulfide) groups is 1. The van der Waals surface area contributed by atoms with E-state index >= 15 is 0 Å². The third-order valence-electron chi connectivity index (χ3n) is 6.00. The molecule has 0 aromatic heterocycles. The van der Waals surface area contributed by atoms with E-state index in [1.54, 1.807) is 0 Å². The molecule has 3 heterocycles. The molecule has 2 aromatic rings. The Bertz CT molecular complexity index is 913. The van der Waals surface area contributed by atoms with Crippen molar-refractivity contribution in [2.45, 2.75) is 43.4 Å². The predicted molar refractivity (Wildman–Crippen MR) is 112 cm³/mol. The van der Waals surface area contributed by atoms with Crippen LogP contribution in [0.5, 0.6) is 0 Å². The topological polar surface area (TPSA) is 44.9 Å². The number of carbonyl (C=O) groups excluding carboxylic acids is 1. The summed E-state index contributed by atoms with van der Waals surface area (Å²) in [7, 11) is 0.